The molecule has 2 N–H and O–H groups in total. The Morgan fingerprint density at radius 3 is 2.94 bits per heavy atom. The van der Waals surface area contributed by atoms with Crippen molar-refractivity contribution in [2.24, 2.45) is 0 Å². The smallest absolute Gasteiger partial charge is 0.423 e. The lowest BCUT2D eigenvalue weighted by Crippen LogP contribution is -2.30. The minimum atomic E-state index is -1.45. The van der Waals surface area contributed by atoms with Crippen molar-refractivity contribution in [1.29, 1.82) is 0 Å². The van der Waals surface area contributed by atoms with Crippen LogP contribution in [0, 0.1) is 0 Å². The Balaban J connectivity index is 2.12. The molecule has 1 unspecified atom stereocenters. The summed E-state index contributed by atoms with van der Waals surface area (Å²) in [5, 5.41) is 18.1. The van der Waals surface area contributed by atoms with E-state index in [0.717, 1.165) is 11.1 Å². The number of fused-ring (bicyclic) bond motifs is 1. The molecule has 0 heterocycles. The quantitative estimate of drug-likeness (QED) is 0.739. The van der Waals surface area contributed by atoms with Gasteiger partial charge in [0.25, 0.3) is 0 Å². The molecule has 2 rings (SSSR count). The van der Waals surface area contributed by atoms with E-state index in [4.69, 9.17) is 14.8 Å². The number of rotatable bonds is 4. The second kappa shape index (κ2) is 5.45. The van der Waals surface area contributed by atoms with Crippen LogP contribution in [0.5, 0.6) is 0 Å². The summed E-state index contributed by atoms with van der Waals surface area (Å²) in [5.41, 5.74) is 2.49. The fourth-order valence-corrected chi connectivity index (χ4v) is 1.92. The summed E-state index contributed by atoms with van der Waals surface area (Å²) in [6, 6.07) is 5.26. The van der Waals surface area contributed by atoms with Crippen molar-refractivity contribution >= 4 is 18.7 Å². The fourth-order valence-electron chi connectivity index (χ4n) is 1.92. The van der Waals surface area contributed by atoms with Gasteiger partial charge in [0, 0.05) is 6.42 Å². The highest BCUT2D eigenvalue weighted by Gasteiger charge is 2.17. The van der Waals surface area contributed by atoms with Gasteiger partial charge in [-0.05, 0) is 16.6 Å². The van der Waals surface area contributed by atoms with Crippen LogP contribution in [0.4, 0.5) is 4.39 Å². The van der Waals surface area contributed by atoms with Gasteiger partial charge >= 0.3 is 7.12 Å². The maximum Gasteiger partial charge on any atom is 0.488 e. The highest BCUT2D eigenvalue weighted by molar-refractivity contribution is 6.58. The molecule has 0 fully saturated rings. The predicted molar refractivity (Wildman–Crippen MR) is 64.7 cm³/mol. The summed E-state index contributed by atoms with van der Waals surface area (Å²) in [4.78, 5) is 0. The molecule has 0 spiro atoms. The van der Waals surface area contributed by atoms with Crippen molar-refractivity contribution in [3.05, 3.63) is 35.4 Å². The standard InChI is InChI=1S/C12H14BFO3/c14-5-6-17-12-4-2-9-7-11(13(15)16)3-1-10(9)8-12/h1-4,7,12,15-16H,5-6,8H2. The third kappa shape index (κ3) is 2.94. The summed E-state index contributed by atoms with van der Waals surface area (Å²) in [6.07, 6.45) is 4.33. The molecule has 0 radical (unpaired) electrons. The number of halogens is 1. The van der Waals surface area contributed by atoms with Crippen LogP contribution in [-0.2, 0) is 11.2 Å². The van der Waals surface area contributed by atoms with Gasteiger partial charge in [0.05, 0.1) is 12.7 Å². The lowest BCUT2D eigenvalue weighted by atomic mass is 9.78. The Morgan fingerprint density at radius 2 is 2.24 bits per heavy atom. The minimum Gasteiger partial charge on any atom is -0.423 e. The first kappa shape index (κ1) is 12.3. The molecule has 1 aromatic carbocycles. The molecule has 3 nitrogen and oxygen atoms in total. The van der Waals surface area contributed by atoms with Crippen LogP contribution in [0.3, 0.4) is 0 Å². The molecule has 0 bridgehead atoms. The maximum absolute atomic E-state index is 12.0. The average molecular weight is 236 g/mol. The number of alkyl halides is 1. The summed E-state index contributed by atoms with van der Waals surface area (Å²) in [5.74, 6) is 0. The zero-order chi connectivity index (χ0) is 12.3. The molecule has 0 saturated carbocycles. The van der Waals surface area contributed by atoms with E-state index >= 15 is 0 Å². The lowest BCUT2D eigenvalue weighted by molar-refractivity contribution is 0.0740. The van der Waals surface area contributed by atoms with Gasteiger partial charge in [0.15, 0.2) is 0 Å². The number of hydrogen-bond acceptors (Lipinski definition) is 3. The van der Waals surface area contributed by atoms with Crippen LogP contribution < -0.4 is 5.46 Å². The third-order valence-corrected chi connectivity index (χ3v) is 2.79. The summed E-state index contributed by atoms with van der Waals surface area (Å²) in [7, 11) is -1.45. The van der Waals surface area contributed by atoms with Crippen LogP contribution >= 0.6 is 0 Å². The first-order chi connectivity index (χ1) is 8.20. The Hall–Kier alpha value is -1.17. The van der Waals surface area contributed by atoms with Gasteiger partial charge in [0.1, 0.15) is 6.67 Å². The zero-order valence-corrected chi connectivity index (χ0v) is 9.34. The summed E-state index contributed by atoms with van der Waals surface area (Å²) >= 11 is 0. The topological polar surface area (TPSA) is 49.7 Å². The highest BCUT2D eigenvalue weighted by atomic mass is 19.1. The third-order valence-electron chi connectivity index (χ3n) is 2.79. The second-order valence-corrected chi connectivity index (χ2v) is 3.99. The molecular formula is C12H14BFO3. The first-order valence-electron chi connectivity index (χ1n) is 5.55. The van der Waals surface area contributed by atoms with Crippen molar-refractivity contribution in [3.63, 3.8) is 0 Å². The van der Waals surface area contributed by atoms with Gasteiger partial charge in [-0.3, -0.25) is 0 Å². The number of hydrogen-bond donors (Lipinski definition) is 2. The van der Waals surface area contributed by atoms with Crippen molar-refractivity contribution in [1.82, 2.24) is 0 Å². The van der Waals surface area contributed by atoms with Crippen LogP contribution in [0.2, 0.25) is 0 Å². The first-order valence-corrected chi connectivity index (χ1v) is 5.55. The van der Waals surface area contributed by atoms with Gasteiger partial charge < -0.3 is 14.8 Å². The van der Waals surface area contributed by atoms with Crippen molar-refractivity contribution in [2.45, 2.75) is 12.5 Å². The van der Waals surface area contributed by atoms with Gasteiger partial charge in [-0.1, -0.05) is 30.4 Å². The molecule has 1 aliphatic rings. The molecule has 0 aromatic heterocycles. The van der Waals surface area contributed by atoms with Crippen LogP contribution in [0.15, 0.2) is 24.3 Å². The molecular weight excluding hydrogens is 222 g/mol. The zero-order valence-electron chi connectivity index (χ0n) is 9.34. The Morgan fingerprint density at radius 1 is 1.41 bits per heavy atom. The van der Waals surface area contributed by atoms with Gasteiger partial charge in [-0.15, -0.1) is 0 Å². The SMILES string of the molecule is OB(O)c1ccc2c(c1)C=CC(OCCF)C2. The maximum atomic E-state index is 12.0. The minimum absolute atomic E-state index is 0.0943. The molecule has 0 aliphatic heterocycles. The highest BCUT2D eigenvalue weighted by Crippen LogP contribution is 2.20. The number of ether oxygens (including phenoxy) is 1. The van der Waals surface area contributed by atoms with Crippen molar-refractivity contribution in [2.75, 3.05) is 13.3 Å². The Kier molecular flexibility index (Phi) is 3.94. The summed E-state index contributed by atoms with van der Waals surface area (Å²) in [6.45, 7) is -0.370. The Bertz CT molecular complexity index is 420. The van der Waals surface area contributed by atoms with Crippen LogP contribution in [0.1, 0.15) is 11.1 Å². The second-order valence-electron chi connectivity index (χ2n) is 3.99. The van der Waals surface area contributed by atoms with Gasteiger partial charge in [0.2, 0.25) is 0 Å². The molecule has 90 valence electrons. The van der Waals surface area contributed by atoms with E-state index in [1.807, 2.05) is 18.2 Å². The Labute approximate surface area is 99.7 Å². The van der Waals surface area contributed by atoms with Crippen molar-refractivity contribution < 1.29 is 19.2 Å². The van der Waals surface area contributed by atoms with E-state index in [2.05, 4.69) is 0 Å². The predicted octanol–water partition coefficient (Wildman–Crippen LogP) is 0.290. The fraction of sp³-hybridized carbons (Fsp3) is 0.333. The normalized spacial score (nSPS) is 17.9. The van der Waals surface area contributed by atoms with E-state index < -0.39 is 13.8 Å². The average Bonchev–Trinajstić information content (AvgIpc) is 2.35. The molecule has 1 aliphatic carbocycles. The molecule has 17 heavy (non-hydrogen) atoms. The van der Waals surface area contributed by atoms with E-state index in [-0.39, 0.29) is 12.7 Å². The van der Waals surface area contributed by atoms with E-state index in [0.29, 0.717) is 11.9 Å². The largest absolute Gasteiger partial charge is 0.488 e. The van der Waals surface area contributed by atoms with Crippen molar-refractivity contribution in [3.8, 4) is 0 Å². The van der Waals surface area contributed by atoms with Gasteiger partial charge in [-0.2, -0.15) is 0 Å². The molecule has 0 saturated heterocycles. The van der Waals surface area contributed by atoms with E-state index in [1.54, 1.807) is 12.1 Å². The molecule has 1 aromatic rings. The van der Waals surface area contributed by atoms with Gasteiger partial charge in [-0.25, -0.2) is 4.39 Å². The van der Waals surface area contributed by atoms with E-state index in [9.17, 15) is 4.39 Å². The molecule has 1 atom stereocenters. The van der Waals surface area contributed by atoms with Crippen LogP contribution in [-0.4, -0.2) is 36.6 Å². The number of benzene rings is 1. The lowest BCUT2D eigenvalue weighted by Gasteiger charge is -2.20. The molecule has 0 amide bonds. The monoisotopic (exact) mass is 236 g/mol. The van der Waals surface area contributed by atoms with Crippen LogP contribution in [0.25, 0.3) is 6.08 Å². The van der Waals surface area contributed by atoms with E-state index in [1.165, 1.54) is 0 Å². The molecule has 5 heteroatoms. The summed E-state index contributed by atoms with van der Waals surface area (Å²) < 4.78 is 17.3.